The SMILES string of the molecule is CC1=CCC(C(=O)C2=CCC(C)=C2)C=C1. The van der Waals surface area contributed by atoms with E-state index in [4.69, 9.17) is 0 Å². The van der Waals surface area contributed by atoms with E-state index < -0.39 is 0 Å². The summed E-state index contributed by atoms with van der Waals surface area (Å²) in [5.74, 6) is 0.328. The Labute approximate surface area is 90.9 Å². The minimum Gasteiger partial charge on any atom is -0.294 e. The molecule has 0 amide bonds. The van der Waals surface area contributed by atoms with E-state index in [-0.39, 0.29) is 11.7 Å². The van der Waals surface area contributed by atoms with E-state index in [1.54, 1.807) is 0 Å². The van der Waals surface area contributed by atoms with Crippen molar-refractivity contribution in [2.45, 2.75) is 26.7 Å². The second kappa shape index (κ2) is 4.01. The van der Waals surface area contributed by atoms with Crippen LogP contribution in [-0.2, 0) is 4.79 Å². The number of rotatable bonds is 2. The minimum atomic E-state index is 0.0575. The molecule has 1 unspecified atom stereocenters. The summed E-state index contributed by atoms with van der Waals surface area (Å²) in [6.07, 6.45) is 12.0. The molecule has 0 N–H and O–H groups in total. The van der Waals surface area contributed by atoms with E-state index in [0.29, 0.717) is 0 Å². The van der Waals surface area contributed by atoms with Crippen LogP contribution in [0.4, 0.5) is 0 Å². The molecule has 1 nitrogen and oxygen atoms in total. The van der Waals surface area contributed by atoms with Crippen LogP contribution in [0.1, 0.15) is 26.7 Å². The van der Waals surface area contributed by atoms with Gasteiger partial charge in [-0.3, -0.25) is 4.79 Å². The summed E-state index contributed by atoms with van der Waals surface area (Å²) in [6.45, 7) is 4.13. The fourth-order valence-corrected chi connectivity index (χ4v) is 1.96. The molecule has 2 aliphatic rings. The fraction of sp³-hybridized carbons (Fsp3) is 0.357. The minimum absolute atomic E-state index is 0.0575. The van der Waals surface area contributed by atoms with Gasteiger partial charge < -0.3 is 0 Å². The van der Waals surface area contributed by atoms with Crippen molar-refractivity contribution in [2.75, 3.05) is 0 Å². The Hall–Kier alpha value is -1.37. The van der Waals surface area contributed by atoms with Gasteiger partial charge in [0.15, 0.2) is 5.78 Å². The molecule has 78 valence electrons. The molecule has 15 heavy (non-hydrogen) atoms. The summed E-state index contributed by atoms with van der Waals surface area (Å²) in [5.41, 5.74) is 3.44. The van der Waals surface area contributed by atoms with E-state index in [2.05, 4.69) is 19.9 Å². The smallest absolute Gasteiger partial charge is 0.169 e. The molecule has 0 aromatic carbocycles. The number of hydrogen-bond acceptors (Lipinski definition) is 1. The summed E-state index contributed by atoms with van der Waals surface area (Å²) >= 11 is 0. The second-order valence-corrected chi connectivity index (χ2v) is 4.37. The summed E-state index contributed by atoms with van der Waals surface area (Å²) in [6, 6.07) is 0. The number of ketones is 1. The second-order valence-electron chi connectivity index (χ2n) is 4.37. The Morgan fingerprint density at radius 3 is 2.67 bits per heavy atom. The first-order chi connectivity index (χ1) is 7.16. The van der Waals surface area contributed by atoms with Crippen molar-refractivity contribution in [1.82, 2.24) is 0 Å². The van der Waals surface area contributed by atoms with Gasteiger partial charge in [-0.2, -0.15) is 0 Å². The normalized spacial score (nSPS) is 24.7. The number of Topliss-reactive ketones (excluding diaryl/α,β-unsaturated/α-hetero) is 1. The van der Waals surface area contributed by atoms with Crippen LogP contribution in [0, 0.1) is 5.92 Å². The van der Waals surface area contributed by atoms with Gasteiger partial charge in [-0.05, 0) is 26.7 Å². The molecule has 0 radical (unpaired) electrons. The topological polar surface area (TPSA) is 17.1 Å². The Morgan fingerprint density at radius 1 is 1.33 bits per heavy atom. The van der Waals surface area contributed by atoms with Crippen LogP contribution < -0.4 is 0 Å². The van der Waals surface area contributed by atoms with Crippen LogP contribution in [0.25, 0.3) is 0 Å². The Balaban J connectivity index is 2.08. The maximum absolute atomic E-state index is 12.1. The monoisotopic (exact) mass is 200 g/mol. The molecule has 0 aliphatic heterocycles. The summed E-state index contributed by atoms with van der Waals surface area (Å²) in [7, 11) is 0. The third-order valence-corrected chi connectivity index (χ3v) is 2.95. The molecule has 0 spiro atoms. The third-order valence-electron chi connectivity index (χ3n) is 2.95. The van der Waals surface area contributed by atoms with Crippen LogP contribution in [0.15, 0.2) is 47.1 Å². The lowest BCUT2D eigenvalue weighted by Gasteiger charge is -2.13. The van der Waals surface area contributed by atoms with Crippen molar-refractivity contribution < 1.29 is 4.79 Å². The summed E-state index contributed by atoms with van der Waals surface area (Å²) < 4.78 is 0. The lowest BCUT2D eigenvalue weighted by Crippen LogP contribution is -2.14. The fourth-order valence-electron chi connectivity index (χ4n) is 1.96. The molecule has 1 atom stereocenters. The standard InChI is InChI=1S/C14H16O/c1-10-3-6-12(7-4-10)14(15)13-8-5-11(2)9-13/h3-4,6,8-9,12H,5,7H2,1-2H3. The molecule has 0 aromatic rings. The van der Waals surface area contributed by atoms with Crippen LogP contribution >= 0.6 is 0 Å². The van der Waals surface area contributed by atoms with Crippen molar-refractivity contribution in [3.8, 4) is 0 Å². The highest BCUT2D eigenvalue weighted by atomic mass is 16.1. The van der Waals surface area contributed by atoms with Crippen molar-refractivity contribution >= 4 is 5.78 Å². The van der Waals surface area contributed by atoms with Crippen LogP contribution in [0.2, 0.25) is 0 Å². The predicted octanol–water partition coefficient (Wildman–Crippen LogP) is 3.35. The van der Waals surface area contributed by atoms with Crippen molar-refractivity contribution in [3.63, 3.8) is 0 Å². The van der Waals surface area contributed by atoms with Gasteiger partial charge in [0.25, 0.3) is 0 Å². The zero-order valence-electron chi connectivity index (χ0n) is 9.29. The maximum Gasteiger partial charge on any atom is 0.169 e. The number of hydrogen-bond donors (Lipinski definition) is 0. The number of allylic oxidation sites excluding steroid dienone is 8. The first-order valence-electron chi connectivity index (χ1n) is 5.43. The highest BCUT2D eigenvalue weighted by Crippen LogP contribution is 2.24. The molecule has 1 heteroatoms. The highest BCUT2D eigenvalue weighted by molar-refractivity contribution is 6.01. The van der Waals surface area contributed by atoms with Gasteiger partial charge in [-0.25, -0.2) is 0 Å². The van der Waals surface area contributed by atoms with Crippen LogP contribution in [0.5, 0.6) is 0 Å². The van der Waals surface area contributed by atoms with Gasteiger partial charge in [0, 0.05) is 11.5 Å². The maximum atomic E-state index is 12.1. The largest absolute Gasteiger partial charge is 0.294 e. The molecule has 0 fully saturated rings. The molecular formula is C14H16O. The van der Waals surface area contributed by atoms with Crippen molar-refractivity contribution in [2.24, 2.45) is 5.92 Å². The zero-order valence-corrected chi connectivity index (χ0v) is 9.29. The average molecular weight is 200 g/mol. The van der Waals surface area contributed by atoms with E-state index in [0.717, 1.165) is 18.4 Å². The van der Waals surface area contributed by atoms with Gasteiger partial charge >= 0.3 is 0 Å². The van der Waals surface area contributed by atoms with Gasteiger partial charge in [0.05, 0.1) is 0 Å². The van der Waals surface area contributed by atoms with Crippen molar-refractivity contribution in [1.29, 1.82) is 0 Å². The van der Waals surface area contributed by atoms with Gasteiger partial charge in [-0.1, -0.05) is 41.5 Å². The van der Waals surface area contributed by atoms with Crippen LogP contribution in [0.3, 0.4) is 0 Å². The van der Waals surface area contributed by atoms with Crippen molar-refractivity contribution in [3.05, 3.63) is 47.1 Å². The average Bonchev–Trinajstić information content (AvgIpc) is 2.65. The lowest BCUT2D eigenvalue weighted by atomic mass is 9.90. The molecule has 0 saturated heterocycles. The highest BCUT2D eigenvalue weighted by Gasteiger charge is 2.20. The Bertz CT molecular complexity index is 405. The van der Waals surface area contributed by atoms with Crippen LogP contribution in [-0.4, -0.2) is 5.78 Å². The first-order valence-corrected chi connectivity index (χ1v) is 5.43. The molecule has 0 aromatic heterocycles. The zero-order chi connectivity index (χ0) is 10.8. The van der Waals surface area contributed by atoms with E-state index >= 15 is 0 Å². The first kappa shape index (κ1) is 10.2. The molecule has 2 aliphatic carbocycles. The Morgan fingerprint density at radius 2 is 2.13 bits per heavy atom. The Kier molecular flexibility index (Phi) is 2.72. The molecule has 0 saturated carbocycles. The summed E-state index contributed by atoms with van der Waals surface area (Å²) in [4.78, 5) is 12.1. The van der Waals surface area contributed by atoms with Gasteiger partial charge in [-0.15, -0.1) is 0 Å². The van der Waals surface area contributed by atoms with E-state index in [1.807, 2.05) is 24.3 Å². The lowest BCUT2D eigenvalue weighted by molar-refractivity contribution is -0.117. The molecular weight excluding hydrogens is 184 g/mol. The van der Waals surface area contributed by atoms with E-state index in [9.17, 15) is 4.79 Å². The van der Waals surface area contributed by atoms with Gasteiger partial charge in [0.1, 0.15) is 0 Å². The number of carbonyl (C=O) groups excluding carboxylic acids is 1. The van der Waals surface area contributed by atoms with Gasteiger partial charge in [0.2, 0.25) is 0 Å². The predicted molar refractivity (Wildman–Crippen MR) is 62.5 cm³/mol. The summed E-state index contributed by atoms with van der Waals surface area (Å²) in [5, 5.41) is 0. The quantitative estimate of drug-likeness (QED) is 0.668. The van der Waals surface area contributed by atoms with E-state index in [1.165, 1.54) is 11.1 Å². The molecule has 2 rings (SSSR count). The molecule has 0 heterocycles. The number of carbonyl (C=O) groups is 1. The third kappa shape index (κ3) is 2.17. The molecule has 0 bridgehead atoms.